The number of ether oxygens (including phenoxy) is 1. The van der Waals surface area contributed by atoms with Crippen LogP contribution in [0.5, 0.6) is 5.75 Å². The van der Waals surface area contributed by atoms with E-state index < -0.39 is 54.3 Å². The number of alkyl halides is 7. The van der Waals surface area contributed by atoms with Crippen LogP contribution in [0.1, 0.15) is 36.7 Å². The minimum absolute atomic E-state index is 0.0166. The second-order valence-electron chi connectivity index (χ2n) is 10.4. The minimum atomic E-state index is -5.93. The molecule has 2 aromatic carbocycles. The molecule has 0 aliphatic carbocycles. The molecule has 0 unspecified atom stereocenters. The van der Waals surface area contributed by atoms with Crippen LogP contribution < -0.4 is 20.7 Å². The van der Waals surface area contributed by atoms with Crippen LogP contribution in [0.15, 0.2) is 24.3 Å². The van der Waals surface area contributed by atoms with Crippen LogP contribution in [0.25, 0.3) is 11.0 Å². The van der Waals surface area contributed by atoms with E-state index in [2.05, 4.69) is 15.6 Å². The second-order valence-corrected chi connectivity index (χ2v) is 11.2. The highest BCUT2D eigenvalue weighted by Gasteiger charge is 2.57. The predicted octanol–water partition coefficient (Wildman–Crippen LogP) is 6.86. The van der Waals surface area contributed by atoms with Gasteiger partial charge in [0.2, 0.25) is 11.9 Å². The van der Waals surface area contributed by atoms with Gasteiger partial charge >= 0.3 is 12.1 Å². The first-order valence-corrected chi connectivity index (χ1v) is 13.1. The van der Waals surface area contributed by atoms with Crippen molar-refractivity contribution in [2.75, 3.05) is 18.5 Å². The fourth-order valence-corrected chi connectivity index (χ4v) is 4.10. The standard InChI is InChI=1S/C26H26Cl2F7N5O3/c1-24(2,3)22(42)36-9-12-5-6-14(27)20(19(12)28)39-23-38-15-7-13(21(41)37-11-25(31,32)26(33,34)35)17(43-10-18(29)30)8-16(15)40(23)4/h5-8,18H,9-11H2,1-4H3,(H,36,42)(H,37,41)(H,38,39). The van der Waals surface area contributed by atoms with E-state index in [1.54, 1.807) is 26.8 Å². The van der Waals surface area contributed by atoms with E-state index in [9.17, 15) is 40.3 Å². The monoisotopic (exact) mass is 659 g/mol. The highest BCUT2D eigenvalue weighted by atomic mass is 35.5. The third kappa shape index (κ3) is 7.93. The number of halogens is 9. The molecule has 8 nitrogen and oxygen atoms in total. The van der Waals surface area contributed by atoms with E-state index in [4.69, 9.17) is 27.9 Å². The van der Waals surface area contributed by atoms with Crippen molar-refractivity contribution in [2.45, 2.75) is 45.8 Å². The molecule has 0 fully saturated rings. The fraction of sp³-hybridized carbons (Fsp3) is 0.423. The Hall–Kier alpha value is -3.46. The van der Waals surface area contributed by atoms with Gasteiger partial charge in [0, 0.05) is 25.1 Å². The molecule has 236 valence electrons. The smallest absolute Gasteiger partial charge is 0.455 e. The number of rotatable bonds is 10. The van der Waals surface area contributed by atoms with Crippen LogP contribution in [0.3, 0.4) is 0 Å². The molecule has 0 saturated carbocycles. The Bertz CT molecular complexity index is 1520. The largest absolute Gasteiger partial charge is 0.487 e. The van der Waals surface area contributed by atoms with Crippen LogP contribution in [0, 0.1) is 5.41 Å². The van der Waals surface area contributed by atoms with Gasteiger partial charge < -0.3 is 25.3 Å². The first-order valence-electron chi connectivity index (χ1n) is 12.4. The normalized spacial score (nSPS) is 12.5. The predicted molar refractivity (Wildman–Crippen MR) is 147 cm³/mol. The maximum atomic E-state index is 13.4. The van der Waals surface area contributed by atoms with Gasteiger partial charge in [-0.1, -0.05) is 50.0 Å². The number of hydrogen-bond donors (Lipinski definition) is 3. The molecule has 0 radical (unpaired) electrons. The van der Waals surface area contributed by atoms with E-state index in [0.717, 1.165) is 12.1 Å². The average molecular weight is 660 g/mol. The molecule has 0 bridgehead atoms. The van der Waals surface area contributed by atoms with Crippen molar-refractivity contribution in [3.8, 4) is 5.75 Å². The number of imidazole rings is 1. The van der Waals surface area contributed by atoms with Crippen LogP contribution in [-0.4, -0.2) is 53.0 Å². The summed E-state index contributed by atoms with van der Waals surface area (Å²) in [6, 6.07) is 5.22. The lowest BCUT2D eigenvalue weighted by atomic mass is 9.95. The molecule has 0 spiro atoms. The Morgan fingerprint density at radius 2 is 1.70 bits per heavy atom. The number of nitrogens with one attached hydrogen (secondary N) is 3. The van der Waals surface area contributed by atoms with Crippen LogP contribution in [0.4, 0.5) is 42.4 Å². The number of benzene rings is 2. The lowest BCUT2D eigenvalue weighted by molar-refractivity contribution is -0.278. The number of anilines is 2. The van der Waals surface area contributed by atoms with Crippen molar-refractivity contribution in [1.29, 1.82) is 0 Å². The number of fused-ring (bicyclic) bond motifs is 1. The summed E-state index contributed by atoms with van der Waals surface area (Å²) in [6.07, 6.45) is -8.92. The zero-order valence-electron chi connectivity index (χ0n) is 23.0. The SMILES string of the molecule is Cn1c(Nc2c(Cl)ccc(CNC(=O)C(C)(C)C)c2Cl)nc2cc(C(=O)NCC(F)(F)C(F)(F)F)c(OCC(F)F)cc21. The fourth-order valence-electron chi connectivity index (χ4n) is 3.57. The molecule has 0 atom stereocenters. The number of carbonyl (C=O) groups excluding carboxylic acids is 2. The summed E-state index contributed by atoms with van der Waals surface area (Å²) >= 11 is 12.9. The van der Waals surface area contributed by atoms with Gasteiger partial charge in [0.05, 0.1) is 38.9 Å². The van der Waals surface area contributed by atoms with E-state index in [1.807, 2.05) is 0 Å². The lowest BCUT2D eigenvalue weighted by Gasteiger charge is -2.20. The molecule has 1 aromatic heterocycles. The van der Waals surface area contributed by atoms with E-state index >= 15 is 0 Å². The Morgan fingerprint density at radius 1 is 1.05 bits per heavy atom. The van der Waals surface area contributed by atoms with Gasteiger partial charge in [-0.3, -0.25) is 9.59 Å². The van der Waals surface area contributed by atoms with Gasteiger partial charge in [0.1, 0.15) is 12.4 Å². The van der Waals surface area contributed by atoms with Gasteiger partial charge in [0.25, 0.3) is 12.3 Å². The Labute approximate surface area is 250 Å². The molecule has 0 saturated heterocycles. The Morgan fingerprint density at radius 3 is 2.28 bits per heavy atom. The molecule has 17 heteroatoms. The number of aryl methyl sites for hydroxylation is 1. The molecular weight excluding hydrogens is 634 g/mol. The number of nitrogens with zero attached hydrogens (tertiary/aromatic N) is 2. The molecule has 1 heterocycles. The van der Waals surface area contributed by atoms with E-state index in [1.165, 1.54) is 23.0 Å². The zero-order valence-corrected chi connectivity index (χ0v) is 24.5. The third-order valence-corrected chi connectivity index (χ3v) is 6.75. The number of carbonyl (C=O) groups is 2. The first-order chi connectivity index (χ1) is 19.7. The first kappa shape index (κ1) is 34.0. The third-order valence-electron chi connectivity index (χ3n) is 6.01. The van der Waals surface area contributed by atoms with E-state index in [-0.39, 0.29) is 45.2 Å². The van der Waals surface area contributed by atoms with Crippen molar-refractivity contribution in [2.24, 2.45) is 12.5 Å². The Balaban J connectivity index is 1.98. The van der Waals surface area contributed by atoms with Gasteiger partial charge in [0.15, 0.2) is 0 Å². The van der Waals surface area contributed by atoms with Gasteiger partial charge in [-0.25, -0.2) is 13.8 Å². The van der Waals surface area contributed by atoms with Gasteiger partial charge in [-0.05, 0) is 17.7 Å². The summed E-state index contributed by atoms with van der Waals surface area (Å²) in [6.45, 7) is 1.99. The summed E-state index contributed by atoms with van der Waals surface area (Å²) in [4.78, 5) is 29.2. The number of hydrogen-bond acceptors (Lipinski definition) is 5. The molecule has 2 amide bonds. The van der Waals surface area contributed by atoms with Crippen molar-refractivity contribution in [1.82, 2.24) is 20.2 Å². The van der Waals surface area contributed by atoms with Crippen molar-refractivity contribution in [3.05, 3.63) is 45.4 Å². The van der Waals surface area contributed by atoms with Crippen LogP contribution in [0.2, 0.25) is 10.0 Å². The number of amides is 2. The minimum Gasteiger partial charge on any atom is -0.487 e. The van der Waals surface area contributed by atoms with E-state index in [0.29, 0.717) is 5.56 Å². The van der Waals surface area contributed by atoms with Crippen molar-refractivity contribution in [3.63, 3.8) is 0 Å². The summed E-state index contributed by atoms with van der Waals surface area (Å²) in [7, 11) is 1.49. The van der Waals surface area contributed by atoms with Crippen molar-refractivity contribution >= 4 is 57.7 Å². The Kier molecular flexibility index (Phi) is 10.0. The summed E-state index contributed by atoms with van der Waals surface area (Å²) in [5, 5.41) is 7.45. The molecule has 3 N–H and O–H groups in total. The van der Waals surface area contributed by atoms with Crippen LogP contribution in [-0.2, 0) is 18.4 Å². The molecule has 3 rings (SSSR count). The maximum Gasteiger partial charge on any atom is 0.455 e. The molecule has 3 aromatic rings. The average Bonchev–Trinajstić information content (AvgIpc) is 3.20. The number of aromatic nitrogens is 2. The highest BCUT2D eigenvalue weighted by molar-refractivity contribution is 6.39. The second kappa shape index (κ2) is 12.6. The lowest BCUT2D eigenvalue weighted by Crippen LogP contribution is -2.46. The topological polar surface area (TPSA) is 97.3 Å². The van der Waals surface area contributed by atoms with Gasteiger partial charge in [-0.15, -0.1) is 0 Å². The molecule has 43 heavy (non-hydrogen) atoms. The summed E-state index contributed by atoms with van der Waals surface area (Å²) in [5.74, 6) is -7.36. The quantitative estimate of drug-likeness (QED) is 0.207. The molecular formula is C26H26Cl2F7N5O3. The van der Waals surface area contributed by atoms with Crippen LogP contribution >= 0.6 is 23.2 Å². The van der Waals surface area contributed by atoms with Crippen molar-refractivity contribution < 1.29 is 45.1 Å². The molecule has 0 aliphatic rings. The molecule has 0 aliphatic heterocycles. The van der Waals surface area contributed by atoms with Gasteiger partial charge in [-0.2, -0.15) is 22.0 Å². The summed E-state index contributed by atoms with van der Waals surface area (Å²) in [5.41, 5.74) is -0.357. The zero-order chi connectivity index (χ0) is 32.5. The summed E-state index contributed by atoms with van der Waals surface area (Å²) < 4.78 is 96.5. The highest BCUT2D eigenvalue weighted by Crippen LogP contribution is 2.37. The maximum absolute atomic E-state index is 13.4.